The minimum absolute atomic E-state index is 0.0242. The Morgan fingerprint density at radius 2 is 1.31 bits per heavy atom. The van der Waals surface area contributed by atoms with Gasteiger partial charge in [0.15, 0.2) is 12.1 Å². The molecule has 12 rings (SSSR count). The van der Waals surface area contributed by atoms with Crippen LogP contribution in [0.25, 0.3) is 0 Å². The van der Waals surface area contributed by atoms with E-state index in [0.29, 0.717) is 38.5 Å². The van der Waals surface area contributed by atoms with Gasteiger partial charge in [-0.2, -0.15) is 0 Å². The van der Waals surface area contributed by atoms with Gasteiger partial charge in [-0.05, 0) is 62.0 Å². The maximum Gasteiger partial charge on any atom is 0.308 e. The van der Waals surface area contributed by atoms with Crippen LogP contribution in [0.1, 0.15) is 97.3 Å². The quantitative estimate of drug-likeness (QED) is 0.281. The molecule has 0 radical (unpaired) electrons. The molecule has 1 unspecified atom stereocenters. The summed E-state index contributed by atoms with van der Waals surface area (Å²) in [6.45, 7) is 13.3. The number of fused-ring (bicyclic) bond motifs is 8. The largest absolute Gasteiger partial charge is 0.459 e. The van der Waals surface area contributed by atoms with E-state index in [1.54, 1.807) is 0 Å². The van der Waals surface area contributed by atoms with Gasteiger partial charge in [0.05, 0.1) is 79.7 Å². The molecule has 12 heterocycles. The fourth-order valence-corrected chi connectivity index (χ4v) is 12.3. The molecule has 0 aromatic rings. The normalized spacial score (nSPS) is 57.3. The minimum atomic E-state index is -0.854. The first-order chi connectivity index (χ1) is 26.6. The van der Waals surface area contributed by atoms with Gasteiger partial charge >= 0.3 is 5.97 Å². The molecular formula is C42H58O13. The van der Waals surface area contributed by atoms with Crippen LogP contribution in [0.15, 0.2) is 24.3 Å². The Labute approximate surface area is 322 Å². The van der Waals surface area contributed by atoms with E-state index in [4.69, 9.17) is 52.1 Å². The predicted octanol–water partition coefficient (Wildman–Crippen LogP) is 3.95. The number of hydrogen-bond donors (Lipinski definition) is 1. The lowest BCUT2D eigenvalue weighted by Crippen LogP contribution is -2.62. The molecule has 304 valence electrons. The SMILES string of the molecule is C=C1C[C@@H]2CC[C@@]34C[C@@H]5O[C@@H]6[C@@H](O[C@H]7CC[C@H](CC(=O)O[C@@H]8[C@@H](C)[C@@H]9O[C@@H]%10CC(O)O[C@@H]%10C[C@@H]9O[C@H]8C[C@H]8O[C@@H](CC[C@@H]1O2)C[C@@H](C)C8=C)O[C@@H]7[C@@H]6O3)[C@H]5O4. The molecule has 12 aliphatic rings. The summed E-state index contributed by atoms with van der Waals surface area (Å²) in [5.74, 6) is -1.04. The molecule has 12 aliphatic heterocycles. The summed E-state index contributed by atoms with van der Waals surface area (Å²) in [6.07, 6.45) is 3.41. The van der Waals surface area contributed by atoms with E-state index < -0.39 is 30.4 Å². The summed E-state index contributed by atoms with van der Waals surface area (Å²) >= 11 is 0. The Morgan fingerprint density at radius 1 is 0.582 bits per heavy atom. The number of aliphatic hydroxyl groups is 1. The number of hydrogen-bond acceptors (Lipinski definition) is 13. The average Bonchev–Trinajstić information content (AvgIpc) is 3.85. The van der Waals surface area contributed by atoms with Gasteiger partial charge < -0.3 is 57.2 Å². The molecular weight excluding hydrogens is 712 g/mol. The second kappa shape index (κ2) is 13.8. The zero-order valence-electron chi connectivity index (χ0n) is 32.1. The number of ether oxygens (including phenoxy) is 11. The maximum absolute atomic E-state index is 14.1. The Bertz CT molecular complexity index is 1540. The van der Waals surface area contributed by atoms with E-state index in [1.165, 1.54) is 0 Å². The average molecular weight is 771 g/mol. The Balaban J connectivity index is 0.883. The van der Waals surface area contributed by atoms with Gasteiger partial charge in [0, 0.05) is 38.0 Å². The molecule has 12 saturated heterocycles. The van der Waals surface area contributed by atoms with Crippen molar-refractivity contribution in [1.29, 1.82) is 0 Å². The monoisotopic (exact) mass is 770 g/mol. The van der Waals surface area contributed by atoms with Crippen LogP contribution in [-0.4, -0.2) is 133 Å². The Hall–Kier alpha value is -1.49. The van der Waals surface area contributed by atoms with Crippen molar-refractivity contribution in [3.05, 3.63) is 24.3 Å². The topological polar surface area (TPSA) is 139 Å². The third-order valence-corrected chi connectivity index (χ3v) is 15.2. The number of aliphatic hydroxyl groups excluding tert-OH is 1. The molecule has 0 aliphatic carbocycles. The number of rotatable bonds is 0. The summed E-state index contributed by atoms with van der Waals surface area (Å²) in [5, 5.41) is 10.3. The van der Waals surface area contributed by atoms with E-state index in [-0.39, 0.29) is 116 Å². The van der Waals surface area contributed by atoms with Crippen LogP contribution in [0.2, 0.25) is 0 Å². The van der Waals surface area contributed by atoms with Crippen molar-refractivity contribution in [3.8, 4) is 0 Å². The van der Waals surface area contributed by atoms with Gasteiger partial charge in [-0.3, -0.25) is 4.79 Å². The van der Waals surface area contributed by atoms with Crippen LogP contribution >= 0.6 is 0 Å². The van der Waals surface area contributed by atoms with Crippen molar-refractivity contribution in [2.75, 3.05) is 0 Å². The molecule has 12 bridgehead atoms. The lowest BCUT2D eigenvalue weighted by Gasteiger charge is -2.50. The highest BCUT2D eigenvalue weighted by molar-refractivity contribution is 5.70. The van der Waals surface area contributed by atoms with Crippen LogP contribution < -0.4 is 0 Å². The summed E-state index contributed by atoms with van der Waals surface area (Å²) in [6, 6.07) is 0. The first-order valence-corrected chi connectivity index (χ1v) is 21.4. The second-order valence-corrected chi connectivity index (χ2v) is 18.7. The molecule has 0 amide bonds. The molecule has 1 N–H and O–H groups in total. The fraction of sp³-hybridized carbons (Fsp3) is 0.881. The van der Waals surface area contributed by atoms with E-state index >= 15 is 0 Å². The number of esters is 1. The molecule has 13 heteroatoms. The van der Waals surface area contributed by atoms with Gasteiger partial charge in [0.1, 0.15) is 36.6 Å². The molecule has 55 heavy (non-hydrogen) atoms. The molecule has 12 fully saturated rings. The zero-order valence-corrected chi connectivity index (χ0v) is 32.1. The fourth-order valence-electron chi connectivity index (χ4n) is 12.3. The van der Waals surface area contributed by atoms with E-state index in [2.05, 4.69) is 27.0 Å². The van der Waals surface area contributed by atoms with Crippen LogP contribution in [0.5, 0.6) is 0 Å². The van der Waals surface area contributed by atoms with Crippen LogP contribution in [0.4, 0.5) is 0 Å². The first kappa shape index (κ1) is 36.6. The summed E-state index contributed by atoms with van der Waals surface area (Å²) in [7, 11) is 0. The molecule has 22 atom stereocenters. The van der Waals surface area contributed by atoms with Crippen LogP contribution in [0, 0.1) is 11.8 Å². The van der Waals surface area contributed by atoms with Crippen molar-refractivity contribution in [1.82, 2.24) is 0 Å². The van der Waals surface area contributed by atoms with Crippen molar-refractivity contribution in [3.63, 3.8) is 0 Å². The van der Waals surface area contributed by atoms with Crippen molar-refractivity contribution >= 4 is 5.97 Å². The van der Waals surface area contributed by atoms with Crippen molar-refractivity contribution in [2.24, 2.45) is 11.8 Å². The third kappa shape index (κ3) is 6.33. The molecule has 0 aromatic heterocycles. The van der Waals surface area contributed by atoms with Gasteiger partial charge in [-0.25, -0.2) is 0 Å². The number of carbonyl (C=O) groups excluding carboxylic acids is 1. The lowest BCUT2D eigenvalue weighted by molar-refractivity contribution is -0.293. The summed E-state index contributed by atoms with van der Waals surface area (Å²) in [5.41, 5.74) is 2.18. The highest BCUT2D eigenvalue weighted by Crippen LogP contribution is 2.54. The minimum Gasteiger partial charge on any atom is -0.459 e. The Morgan fingerprint density at radius 3 is 2.20 bits per heavy atom. The van der Waals surface area contributed by atoms with Gasteiger partial charge in [-0.15, -0.1) is 0 Å². The molecule has 1 spiro atoms. The van der Waals surface area contributed by atoms with Crippen LogP contribution in [0.3, 0.4) is 0 Å². The maximum atomic E-state index is 14.1. The smallest absolute Gasteiger partial charge is 0.308 e. The Kier molecular flexibility index (Phi) is 9.17. The highest BCUT2D eigenvalue weighted by atomic mass is 16.8. The molecule has 0 saturated carbocycles. The number of carbonyl (C=O) groups is 1. The van der Waals surface area contributed by atoms with Gasteiger partial charge in [-0.1, -0.05) is 27.0 Å². The summed E-state index contributed by atoms with van der Waals surface area (Å²) < 4.78 is 73.1. The van der Waals surface area contributed by atoms with E-state index in [1.807, 2.05) is 0 Å². The standard InChI is InChI=1S/C42H58O13/c1-18-11-22-5-7-25-19(2)12-24(45-25)9-10-42-17-32-38(54-42)39-40(52-32)41(55-42)37-26(50-39)8-6-23(47-37)13-33(43)53-36-21(4)35-31(15-28-29(51-35)16-34(44)49-28)48-30(36)14-27(46-22)20(18)3/h18,21-32,34-41,44H,2-3,5-17H2,1,4H3/t18-,21+,22+,23-,24+,25+,26+,27-,28-,29-,30+,31+,32+,34?,35+,36-,37+,38+,39+,40-,41+,42+/m1/s1. The zero-order chi connectivity index (χ0) is 37.3. The third-order valence-electron chi connectivity index (χ3n) is 15.2. The van der Waals surface area contributed by atoms with Crippen molar-refractivity contribution < 1.29 is 62.0 Å². The predicted molar refractivity (Wildman–Crippen MR) is 190 cm³/mol. The highest BCUT2D eigenvalue weighted by Gasteiger charge is 2.69. The van der Waals surface area contributed by atoms with Crippen LogP contribution in [-0.2, 0) is 56.9 Å². The van der Waals surface area contributed by atoms with Gasteiger partial charge in [0.2, 0.25) is 0 Å². The first-order valence-electron chi connectivity index (χ1n) is 21.4. The van der Waals surface area contributed by atoms with Crippen molar-refractivity contribution in [2.45, 2.75) is 219 Å². The van der Waals surface area contributed by atoms with E-state index in [9.17, 15) is 9.90 Å². The molecule has 13 nitrogen and oxygen atoms in total. The summed E-state index contributed by atoms with van der Waals surface area (Å²) in [4.78, 5) is 14.1. The molecule has 0 aromatic carbocycles. The van der Waals surface area contributed by atoms with Gasteiger partial charge in [0.25, 0.3) is 0 Å². The van der Waals surface area contributed by atoms with E-state index in [0.717, 1.165) is 49.7 Å². The second-order valence-electron chi connectivity index (χ2n) is 18.7. The lowest BCUT2D eigenvalue weighted by atomic mass is 9.79.